The molecule has 0 saturated heterocycles. The highest BCUT2D eigenvalue weighted by Crippen LogP contribution is 2.52. The molecule has 0 aliphatic heterocycles. The molecular weight excluding hydrogens is 256 g/mol. The molecule has 1 fully saturated rings. The van der Waals surface area contributed by atoms with Crippen molar-refractivity contribution in [2.45, 2.75) is 29.3 Å². The molecule has 1 aromatic rings. The normalized spacial score (nSPS) is 19.2. The van der Waals surface area contributed by atoms with Crippen LogP contribution in [0.2, 0.25) is 0 Å². The molecule has 1 aromatic carbocycles. The minimum absolute atomic E-state index is 0.0998. The van der Waals surface area contributed by atoms with E-state index >= 15 is 0 Å². The van der Waals surface area contributed by atoms with E-state index in [0.717, 1.165) is 6.26 Å². The summed E-state index contributed by atoms with van der Waals surface area (Å²) >= 11 is 0. The van der Waals surface area contributed by atoms with Gasteiger partial charge in [-0.1, -0.05) is 18.2 Å². The first-order valence-corrected chi connectivity index (χ1v) is 7.38. The summed E-state index contributed by atoms with van der Waals surface area (Å²) in [4.78, 5) is 11.0. The second-order valence-electron chi connectivity index (χ2n) is 4.67. The first kappa shape index (κ1) is 13.0. The molecule has 0 amide bonds. The Balaban J connectivity index is 2.57. The summed E-state index contributed by atoms with van der Waals surface area (Å²) in [5, 5.41) is 18.7. The fraction of sp³-hybridized carbons (Fsp3) is 0.417. The van der Waals surface area contributed by atoms with Crippen LogP contribution in [0.25, 0.3) is 0 Å². The lowest BCUT2D eigenvalue weighted by Crippen LogP contribution is -2.34. The van der Waals surface area contributed by atoms with Crippen LogP contribution in [0.1, 0.15) is 18.4 Å². The van der Waals surface area contributed by atoms with Gasteiger partial charge in [-0.05, 0) is 24.5 Å². The lowest BCUT2D eigenvalue weighted by Gasteiger charge is -2.21. The van der Waals surface area contributed by atoms with Gasteiger partial charge in [0.15, 0.2) is 15.9 Å². The van der Waals surface area contributed by atoms with Gasteiger partial charge in [0.25, 0.3) is 0 Å². The number of carbonyl (C=O) groups is 1. The third kappa shape index (κ3) is 2.02. The van der Waals surface area contributed by atoms with Crippen LogP contribution in [-0.2, 0) is 20.0 Å². The molecule has 2 N–H and O–H groups in total. The highest BCUT2D eigenvalue weighted by atomic mass is 32.2. The minimum atomic E-state index is -3.44. The Morgan fingerprint density at radius 2 is 1.89 bits per heavy atom. The Hall–Kier alpha value is -1.40. The molecule has 1 aliphatic carbocycles. The van der Waals surface area contributed by atoms with Crippen LogP contribution in [0.5, 0.6) is 0 Å². The van der Waals surface area contributed by atoms with E-state index in [1.807, 2.05) is 0 Å². The summed E-state index contributed by atoms with van der Waals surface area (Å²) in [5.74, 6) is -1.32. The number of aliphatic carboxylic acids is 1. The van der Waals surface area contributed by atoms with Gasteiger partial charge in [-0.15, -0.1) is 0 Å². The monoisotopic (exact) mass is 270 g/mol. The predicted octanol–water partition coefficient (Wildman–Crippen LogP) is 0.567. The number of carboxylic acid groups (broad SMARTS) is 1. The second kappa shape index (κ2) is 4.07. The molecule has 2 rings (SSSR count). The topological polar surface area (TPSA) is 91.7 Å². The van der Waals surface area contributed by atoms with Crippen LogP contribution in [0.3, 0.4) is 0 Å². The smallest absolute Gasteiger partial charge is 0.333 e. The van der Waals surface area contributed by atoms with E-state index < -0.39 is 27.3 Å². The molecular formula is C12H14O5S. The van der Waals surface area contributed by atoms with Crippen molar-refractivity contribution in [1.29, 1.82) is 0 Å². The van der Waals surface area contributed by atoms with E-state index in [9.17, 15) is 18.3 Å². The van der Waals surface area contributed by atoms with Crippen LogP contribution < -0.4 is 0 Å². The zero-order valence-corrected chi connectivity index (χ0v) is 10.6. The lowest BCUT2D eigenvalue weighted by molar-refractivity contribution is -0.148. The van der Waals surface area contributed by atoms with E-state index in [0.29, 0.717) is 18.4 Å². The lowest BCUT2D eigenvalue weighted by atomic mass is 9.90. The second-order valence-corrected chi connectivity index (χ2v) is 6.65. The molecule has 18 heavy (non-hydrogen) atoms. The van der Waals surface area contributed by atoms with Crippen molar-refractivity contribution in [3.8, 4) is 0 Å². The number of benzene rings is 1. The van der Waals surface area contributed by atoms with Crippen molar-refractivity contribution >= 4 is 15.8 Å². The Kier molecular flexibility index (Phi) is 2.95. The highest BCUT2D eigenvalue weighted by Gasteiger charge is 2.55. The Morgan fingerprint density at radius 1 is 1.33 bits per heavy atom. The molecule has 0 spiro atoms. The molecule has 98 valence electrons. The number of hydrogen-bond acceptors (Lipinski definition) is 4. The van der Waals surface area contributed by atoms with Gasteiger partial charge in [0.05, 0.1) is 4.90 Å². The maximum absolute atomic E-state index is 11.7. The molecule has 0 aromatic heterocycles. The third-order valence-corrected chi connectivity index (χ3v) is 4.52. The van der Waals surface area contributed by atoms with Gasteiger partial charge in [0, 0.05) is 11.7 Å². The zero-order chi connectivity index (χ0) is 13.6. The van der Waals surface area contributed by atoms with E-state index in [4.69, 9.17) is 5.11 Å². The number of sulfone groups is 1. The first-order chi connectivity index (χ1) is 8.29. The number of carboxylic acids is 1. The SMILES string of the molecule is CS(=O)(=O)c1ccccc1C1(C(O)C(=O)O)CC1. The number of hydrogen-bond donors (Lipinski definition) is 2. The summed E-state index contributed by atoms with van der Waals surface area (Å²) in [7, 11) is -3.44. The number of aliphatic hydroxyl groups excluding tert-OH is 1. The van der Waals surface area contributed by atoms with Crippen LogP contribution in [0, 0.1) is 0 Å². The van der Waals surface area contributed by atoms with Crippen LogP contribution in [0.15, 0.2) is 29.2 Å². The van der Waals surface area contributed by atoms with Gasteiger partial charge in [-0.2, -0.15) is 0 Å². The molecule has 0 radical (unpaired) electrons. The molecule has 1 unspecified atom stereocenters. The van der Waals surface area contributed by atoms with Gasteiger partial charge in [0.1, 0.15) is 0 Å². The zero-order valence-electron chi connectivity index (χ0n) is 9.83. The van der Waals surface area contributed by atoms with Gasteiger partial charge >= 0.3 is 5.97 Å². The Labute approximate surface area is 105 Å². The van der Waals surface area contributed by atoms with Crippen molar-refractivity contribution in [2.75, 3.05) is 6.26 Å². The molecule has 1 saturated carbocycles. The quantitative estimate of drug-likeness (QED) is 0.834. The summed E-state index contributed by atoms with van der Waals surface area (Å²) in [6, 6.07) is 6.26. The molecule has 1 aliphatic rings. The molecule has 5 nitrogen and oxygen atoms in total. The first-order valence-electron chi connectivity index (χ1n) is 5.49. The van der Waals surface area contributed by atoms with Crippen molar-refractivity contribution in [2.24, 2.45) is 0 Å². The highest BCUT2D eigenvalue weighted by molar-refractivity contribution is 7.90. The van der Waals surface area contributed by atoms with Crippen molar-refractivity contribution in [1.82, 2.24) is 0 Å². The van der Waals surface area contributed by atoms with Crippen LogP contribution in [0.4, 0.5) is 0 Å². The minimum Gasteiger partial charge on any atom is -0.479 e. The van der Waals surface area contributed by atoms with Crippen LogP contribution >= 0.6 is 0 Å². The fourth-order valence-corrected chi connectivity index (χ4v) is 3.26. The Bertz CT molecular complexity index is 586. The summed E-state index contributed by atoms with van der Waals surface area (Å²) in [5.41, 5.74) is -0.548. The van der Waals surface area contributed by atoms with Gasteiger partial charge in [-0.25, -0.2) is 13.2 Å². The van der Waals surface area contributed by atoms with Crippen molar-refractivity contribution in [3.63, 3.8) is 0 Å². The molecule has 0 bridgehead atoms. The Morgan fingerprint density at radius 3 is 2.33 bits per heavy atom. The van der Waals surface area contributed by atoms with E-state index in [1.54, 1.807) is 18.2 Å². The standard InChI is InChI=1S/C12H14O5S/c1-18(16,17)9-5-3-2-4-8(9)12(6-7-12)10(13)11(14)15/h2-5,10,13H,6-7H2,1H3,(H,14,15). The fourth-order valence-electron chi connectivity index (χ4n) is 2.26. The summed E-state index contributed by atoms with van der Waals surface area (Å²) in [6.07, 6.45) is 0.468. The summed E-state index contributed by atoms with van der Waals surface area (Å²) in [6.45, 7) is 0. The van der Waals surface area contributed by atoms with Gasteiger partial charge in [0.2, 0.25) is 0 Å². The average Bonchev–Trinajstić information content (AvgIpc) is 3.08. The largest absolute Gasteiger partial charge is 0.479 e. The maximum atomic E-state index is 11.7. The van der Waals surface area contributed by atoms with E-state index in [2.05, 4.69) is 0 Å². The van der Waals surface area contributed by atoms with Gasteiger partial charge in [-0.3, -0.25) is 0 Å². The number of rotatable bonds is 4. The van der Waals surface area contributed by atoms with E-state index in [1.165, 1.54) is 6.07 Å². The van der Waals surface area contributed by atoms with Crippen molar-refractivity contribution in [3.05, 3.63) is 29.8 Å². The molecule has 6 heteroatoms. The number of aliphatic hydroxyl groups is 1. The molecule has 1 atom stereocenters. The summed E-state index contributed by atoms with van der Waals surface area (Å²) < 4.78 is 23.4. The predicted molar refractivity (Wildman–Crippen MR) is 64.1 cm³/mol. The maximum Gasteiger partial charge on any atom is 0.333 e. The average molecular weight is 270 g/mol. The van der Waals surface area contributed by atoms with Crippen LogP contribution in [-0.4, -0.2) is 37.0 Å². The van der Waals surface area contributed by atoms with E-state index in [-0.39, 0.29) is 4.90 Å². The third-order valence-electron chi connectivity index (χ3n) is 3.37. The molecule has 0 heterocycles. The van der Waals surface area contributed by atoms with Crippen molar-refractivity contribution < 1.29 is 23.4 Å². The van der Waals surface area contributed by atoms with Gasteiger partial charge < -0.3 is 10.2 Å².